The van der Waals surface area contributed by atoms with Crippen LogP contribution in [0.3, 0.4) is 0 Å². The molecule has 0 aliphatic rings. The fourth-order valence-electron chi connectivity index (χ4n) is 1.14. The van der Waals surface area contributed by atoms with Gasteiger partial charge in [-0.15, -0.1) is 0 Å². The SMILES string of the molecule is CN(C)CCc1noc(CCCC#N)n1. The topological polar surface area (TPSA) is 66.0 Å². The van der Waals surface area contributed by atoms with Crippen molar-refractivity contribution < 1.29 is 4.52 Å². The minimum atomic E-state index is 0.537. The molecular weight excluding hydrogens is 192 g/mol. The Balaban J connectivity index is 2.32. The summed E-state index contributed by atoms with van der Waals surface area (Å²) in [5.41, 5.74) is 0. The van der Waals surface area contributed by atoms with Crippen LogP contribution in [0.5, 0.6) is 0 Å². The smallest absolute Gasteiger partial charge is 0.226 e. The number of aromatic nitrogens is 2. The highest BCUT2D eigenvalue weighted by atomic mass is 16.5. The number of aryl methyl sites for hydroxylation is 1. The van der Waals surface area contributed by atoms with E-state index in [1.807, 2.05) is 14.1 Å². The Labute approximate surface area is 89.7 Å². The first-order valence-electron chi connectivity index (χ1n) is 5.05. The first kappa shape index (κ1) is 11.7. The molecule has 0 bridgehead atoms. The first-order valence-corrected chi connectivity index (χ1v) is 5.05. The largest absolute Gasteiger partial charge is 0.339 e. The Kier molecular flexibility index (Phi) is 4.78. The predicted octanol–water partition coefficient (Wildman–Crippen LogP) is 1.02. The summed E-state index contributed by atoms with van der Waals surface area (Å²) in [5, 5.41) is 12.2. The number of nitrogens with zero attached hydrogens (tertiary/aromatic N) is 4. The van der Waals surface area contributed by atoms with Crippen molar-refractivity contribution in [3.05, 3.63) is 11.7 Å². The molecule has 0 aliphatic heterocycles. The van der Waals surface area contributed by atoms with Crippen molar-refractivity contribution in [1.29, 1.82) is 5.26 Å². The first-order chi connectivity index (χ1) is 7.22. The van der Waals surface area contributed by atoms with Crippen LogP contribution in [-0.2, 0) is 12.8 Å². The summed E-state index contributed by atoms with van der Waals surface area (Å²) in [6.45, 7) is 0.914. The third-order valence-electron chi connectivity index (χ3n) is 1.97. The maximum atomic E-state index is 8.37. The van der Waals surface area contributed by atoms with E-state index in [0.29, 0.717) is 18.7 Å². The van der Waals surface area contributed by atoms with Gasteiger partial charge in [0.15, 0.2) is 5.82 Å². The summed E-state index contributed by atoms with van der Waals surface area (Å²) >= 11 is 0. The molecule has 5 heteroatoms. The average Bonchev–Trinajstić information content (AvgIpc) is 2.63. The van der Waals surface area contributed by atoms with E-state index in [1.54, 1.807) is 0 Å². The Morgan fingerprint density at radius 3 is 2.87 bits per heavy atom. The monoisotopic (exact) mass is 208 g/mol. The second-order valence-electron chi connectivity index (χ2n) is 3.67. The molecule has 0 aromatic carbocycles. The summed E-state index contributed by atoms with van der Waals surface area (Å²) in [6, 6.07) is 2.09. The summed E-state index contributed by atoms with van der Waals surface area (Å²) in [6.07, 6.45) is 2.82. The van der Waals surface area contributed by atoms with Crippen molar-refractivity contribution in [2.75, 3.05) is 20.6 Å². The number of hydrogen-bond acceptors (Lipinski definition) is 5. The van der Waals surface area contributed by atoms with Crippen LogP contribution < -0.4 is 0 Å². The van der Waals surface area contributed by atoms with Crippen molar-refractivity contribution in [1.82, 2.24) is 15.0 Å². The van der Waals surface area contributed by atoms with E-state index in [1.165, 1.54) is 0 Å². The van der Waals surface area contributed by atoms with E-state index in [0.717, 1.165) is 25.2 Å². The van der Waals surface area contributed by atoms with Gasteiger partial charge in [-0.1, -0.05) is 5.16 Å². The zero-order chi connectivity index (χ0) is 11.1. The van der Waals surface area contributed by atoms with Crippen LogP contribution >= 0.6 is 0 Å². The third-order valence-corrected chi connectivity index (χ3v) is 1.97. The molecule has 82 valence electrons. The van der Waals surface area contributed by atoms with E-state index in [-0.39, 0.29) is 0 Å². The molecule has 1 rings (SSSR count). The molecular formula is C10H16N4O. The van der Waals surface area contributed by atoms with Gasteiger partial charge in [0.05, 0.1) is 6.07 Å². The lowest BCUT2D eigenvalue weighted by Crippen LogP contribution is -2.15. The second kappa shape index (κ2) is 6.14. The van der Waals surface area contributed by atoms with Crippen LogP contribution in [0.4, 0.5) is 0 Å². The van der Waals surface area contributed by atoms with E-state index in [2.05, 4.69) is 21.1 Å². The summed E-state index contributed by atoms with van der Waals surface area (Å²) in [4.78, 5) is 6.32. The number of rotatable bonds is 6. The van der Waals surface area contributed by atoms with Crippen molar-refractivity contribution >= 4 is 0 Å². The quantitative estimate of drug-likeness (QED) is 0.653. The number of hydrogen-bond donors (Lipinski definition) is 0. The van der Waals surface area contributed by atoms with Crippen LogP contribution in [0.1, 0.15) is 24.6 Å². The van der Waals surface area contributed by atoms with Crippen molar-refractivity contribution in [3.8, 4) is 6.07 Å². The van der Waals surface area contributed by atoms with Gasteiger partial charge in [-0.25, -0.2) is 0 Å². The van der Waals surface area contributed by atoms with Crippen LogP contribution in [0.2, 0.25) is 0 Å². The fraction of sp³-hybridized carbons (Fsp3) is 0.700. The van der Waals surface area contributed by atoms with E-state index < -0.39 is 0 Å². The molecule has 0 N–H and O–H groups in total. The molecule has 0 saturated carbocycles. The molecule has 5 nitrogen and oxygen atoms in total. The Morgan fingerprint density at radius 2 is 2.20 bits per heavy atom. The van der Waals surface area contributed by atoms with Gasteiger partial charge in [-0.2, -0.15) is 10.2 Å². The molecule has 1 aromatic heterocycles. The Morgan fingerprint density at radius 1 is 1.40 bits per heavy atom. The second-order valence-corrected chi connectivity index (χ2v) is 3.67. The Hall–Kier alpha value is -1.41. The maximum absolute atomic E-state index is 8.37. The minimum Gasteiger partial charge on any atom is -0.339 e. The highest BCUT2D eigenvalue weighted by Gasteiger charge is 2.05. The van der Waals surface area contributed by atoms with E-state index in [9.17, 15) is 0 Å². The fourth-order valence-corrected chi connectivity index (χ4v) is 1.14. The van der Waals surface area contributed by atoms with Crippen molar-refractivity contribution in [3.63, 3.8) is 0 Å². The predicted molar refractivity (Wildman–Crippen MR) is 55.1 cm³/mol. The lowest BCUT2D eigenvalue weighted by molar-refractivity contribution is 0.364. The lowest BCUT2D eigenvalue weighted by Gasteiger charge is -2.05. The molecule has 0 saturated heterocycles. The molecule has 0 radical (unpaired) electrons. The molecule has 15 heavy (non-hydrogen) atoms. The van der Waals surface area contributed by atoms with Gasteiger partial charge >= 0.3 is 0 Å². The average molecular weight is 208 g/mol. The number of nitriles is 1. The van der Waals surface area contributed by atoms with Gasteiger partial charge in [0, 0.05) is 25.8 Å². The molecule has 0 fully saturated rings. The van der Waals surface area contributed by atoms with Crippen molar-refractivity contribution in [2.24, 2.45) is 0 Å². The van der Waals surface area contributed by atoms with Gasteiger partial charge in [-0.05, 0) is 20.5 Å². The van der Waals surface area contributed by atoms with E-state index >= 15 is 0 Å². The number of unbranched alkanes of at least 4 members (excludes halogenated alkanes) is 1. The maximum Gasteiger partial charge on any atom is 0.226 e. The minimum absolute atomic E-state index is 0.537. The molecule has 0 aliphatic carbocycles. The summed E-state index contributed by atoms with van der Waals surface area (Å²) in [7, 11) is 4.02. The normalized spacial score (nSPS) is 10.5. The number of likely N-dealkylation sites (N-methyl/N-ethyl adjacent to an activating group) is 1. The van der Waals surface area contributed by atoms with Gasteiger partial charge in [0.1, 0.15) is 0 Å². The molecule has 1 aromatic rings. The van der Waals surface area contributed by atoms with Crippen LogP contribution in [0, 0.1) is 11.3 Å². The summed E-state index contributed by atoms with van der Waals surface area (Å²) in [5.74, 6) is 1.38. The van der Waals surface area contributed by atoms with Gasteiger partial charge in [0.2, 0.25) is 5.89 Å². The zero-order valence-electron chi connectivity index (χ0n) is 9.23. The Bertz CT molecular complexity index is 326. The highest BCUT2D eigenvalue weighted by molar-refractivity contribution is 4.88. The summed E-state index contributed by atoms with van der Waals surface area (Å²) < 4.78 is 5.05. The standard InChI is InChI=1S/C10H16N4O/c1-14(2)8-6-9-12-10(15-13-9)5-3-4-7-11/h3-6,8H2,1-2H3. The third kappa shape index (κ3) is 4.56. The van der Waals surface area contributed by atoms with Gasteiger partial charge in [0.25, 0.3) is 0 Å². The molecule has 1 heterocycles. The molecule has 0 unspecified atom stereocenters. The van der Waals surface area contributed by atoms with Gasteiger partial charge < -0.3 is 9.42 Å². The highest BCUT2D eigenvalue weighted by Crippen LogP contribution is 2.03. The molecule has 0 amide bonds. The molecule has 0 atom stereocenters. The zero-order valence-corrected chi connectivity index (χ0v) is 9.23. The van der Waals surface area contributed by atoms with Crippen LogP contribution in [0.15, 0.2) is 4.52 Å². The lowest BCUT2D eigenvalue weighted by atomic mass is 10.2. The van der Waals surface area contributed by atoms with Gasteiger partial charge in [-0.3, -0.25) is 0 Å². The van der Waals surface area contributed by atoms with Crippen LogP contribution in [0.25, 0.3) is 0 Å². The van der Waals surface area contributed by atoms with Crippen LogP contribution in [-0.4, -0.2) is 35.7 Å². The molecule has 0 spiro atoms. The van der Waals surface area contributed by atoms with E-state index in [4.69, 9.17) is 9.78 Å². The van der Waals surface area contributed by atoms with Crippen molar-refractivity contribution in [2.45, 2.75) is 25.7 Å².